The summed E-state index contributed by atoms with van der Waals surface area (Å²) in [7, 11) is 0. The average molecular weight is 161 g/mol. The number of rotatable bonds is 3. The Morgan fingerprint density at radius 2 is 2.00 bits per heavy atom. The summed E-state index contributed by atoms with van der Waals surface area (Å²) in [5.74, 6) is 0. The second-order valence-electron chi connectivity index (χ2n) is 3.35. The van der Waals surface area contributed by atoms with Gasteiger partial charge in [0.15, 0.2) is 0 Å². The van der Waals surface area contributed by atoms with E-state index >= 15 is 0 Å². The van der Waals surface area contributed by atoms with Crippen LogP contribution in [0.3, 0.4) is 0 Å². The zero-order chi connectivity index (χ0) is 8.97. The molecule has 0 N–H and O–H groups in total. The van der Waals surface area contributed by atoms with E-state index in [0.717, 1.165) is 0 Å². The van der Waals surface area contributed by atoms with E-state index in [4.69, 9.17) is 0 Å². The van der Waals surface area contributed by atoms with E-state index in [1.165, 1.54) is 29.5 Å². The van der Waals surface area contributed by atoms with Crippen molar-refractivity contribution in [2.24, 2.45) is 0 Å². The molecular weight excluding hydrogens is 144 g/mol. The van der Waals surface area contributed by atoms with Crippen molar-refractivity contribution in [1.82, 2.24) is 0 Å². The van der Waals surface area contributed by atoms with E-state index in [0.29, 0.717) is 0 Å². The van der Waals surface area contributed by atoms with Crippen LogP contribution in [0.1, 0.15) is 36.5 Å². The standard InChI is InChI=1S/C12H17/c1-4-5-6-12-8-7-10(2)9-11(12)3/h6-9H,4-5H2,1-3H3. The van der Waals surface area contributed by atoms with Gasteiger partial charge in [-0.25, -0.2) is 0 Å². The fraction of sp³-hybridized carbons (Fsp3) is 0.417. The van der Waals surface area contributed by atoms with E-state index in [1.54, 1.807) is 0 Å². The van der Waals surface area contributed by atoms with Gasteiger partial charge in [-0.05, 0) is 37.8 Å². The quantitative estimate of drug-likeness (QED) is 0.634. The second kappa shape index (κ2) is 4.30. The van der Waals surface area contributed by atoms with E-state index < -0.39 is 0 Å². The Labute approximate surface area is 75.6 Å². The topological polar surface area (TPSA) is 0 Å². The minimum Gasteiger partial charge on any atom is -0.0654 e. The molecule has 1 radical (unpaired) electrons. The maximum absolute atomic E-state index is 2.31. The van der Waals surface area contributed by atoms with E-state index in [2.05, 4.69) is 45.4 Å². The fourth-order valence-electron chi connectivity index (χ4n) is 1.35. The molecule has 0 amide bonds. The molecule has 0 nitrogen and oxygen atoms in total. The summed E-state index contributed by atoms with van der Waals surface area (Å²) in [6.07, 6.45) is 4.73. The van der Waals surface area contributed by atoms with Gasteiger partial charge in [-0.2, -0.15) is 0 Å². The Morgan fingerprint density at radius 1 is 1.25 bits per heavy atom. The molecule has 0 aliphatic rings. The van der Waals surface area contributed by atoms with Crippen molar-refractivity contribution in [3.63, 3.8) is 0 Å². The molecule has 0 aliphatic heterocycles. The highest BCUT2D eigenvalue weighted by Crippen LogP contribution is 2.14. The minimum absolute atomic E-state index is 1.18. The number of hydrogen-bond acceptors (Lipinski definition) is 0. The Kier molecular flexibility index (Phi) is 3.33. The molecule has 0 fully saturated rings. The van der Waals surface area contributed by atoms with E-state index in [-0.39, 0.29) is 0 Å². The van der Waals surface area contributed by atoms with Crippen LogP contribution in [0.4, 0.5) is 0 Å². The summed E-state index contributed by atoms with van der Waals surface area (Å²) in [6, 6.07) is 6.62. The van der Waals surface area contributed by atoms with Crippen molar-refractivity contribution in [3.8, 4) is 0 Å². The SMILES string of the molecule is CCC[CH]c1ccc(C)cc1C. The highest BCUT2D eigenvalue weighted by molar-refractivity contribution is 5.34. The molecule has 12 heavy (non-hydrogen) atoms. The van der Waals surface area contributed by atoms with Crippen LogP contribution in [0.5, 0.6) is 0 Å². The molecule has 0 heterocycles. The molecular formula is C12H17. The first-order valence-corrected chi connectivity index (χ1v) is 4.64. The predicted octanol–water partition coefficient (Wildman–Crippen LogP) is 3.66. The third kappa shape index (κ3) is 2.37. The minimum atomic E-state index is 1.18. The van der Waals surface area contributed by atoms with E-state index in [1.807, 2.05) is 0 Å². The Bertz CT molecular complexity index is 248. The molecule has 1 aromatic carbocycles. The first-order chi connectivity index (χ1) is 5.74. The van der Waals surface area contributed by atoms with Crippen LogP contribution in [0.25, 0.3) is 0 Å². The highest BCUT2D eigenvalue weighted by Gasteiger charge is 1.97. The van der Waals surface area contributed by atoms with Crippen molar-refractivity contribution in [2.45, 2.75) is 33.6 Å². The van der Waals surface area contributed by atoms with E-state index in [9.17, 15) is 0 Å². The van der Waals surface area contributed by atoms with Gasteiger partial charge in [0.1, 0.15) is 0 Å². The molecule has 0 atom stereocenters. The van der Waals surface area contributed by atoms with Crippen LogP contribution < -0.4 is 0 Å². The molecule has 0 aromatic heterocycles. The average Bonchev–Trinajstić information content (AvgIpc) is 2.03. The lowest BCUT2D eigenvalue weighted by Gasteiger charge is -2.04. The predicted molar refractivity (Wildman–Crippen MR) is 54.2 cm³/mol. The number of unbranched alkanes of at least 4 members (excludes halogenated alkanes) is 1. The summed E-state index contributed by atoms with van der Waals surface area (Å²) in [5.41, 5.74) is 4.13. The van der Waals surface area contributed by atoms with Gasteiger partial charge in [-0.3, -0.25) is 0 Å². The monoisotopic (exact) mass is 161 g/mol. The molecule has 0 saturated carbocycles. The molecule has 1 rings (SSSR count). The van der Waals surface area contributed by atoms with Crippen LogP contribution >= 0.6 is 0 Å². The van der Waals surface area contributed by atoms with Gasteiger partial charge < -0.3 is 0 Å². The maximum atomic E-state index is 2.31. The molecule has 1 aromatic rings. The van der Waals surface area contributed by atoms with Crippen molar-refractivity contribution in [3.05, 3.63) is 41.3 Å². The summed E-state index contributed by atoms with van der Waals surface area (Å²) in [5, 5.41) is 0. The largest absolute Gasteiger partial charge is 0.0654 e. The van der Waals surface area contributed by atoms with Gasteiger partial charge in [0.25, 0.3) is 0 Å². The second-order valence-corrected chi connectivity index (χ2v) is 3.35. The van der Waals surface area contributed by atoms with Crippen molar-refractivity contribution < 1.29 is 0 Å². The molecule has 0 bridgehead atoms. The fourth-order valence-corrected chi connectivity index (χ4v) is 1.35. The lowest BCUT2D eigenvalue weighted by Crippen LogP contribution is -1.87. The molecule has 0 spiro atoms. The van der Waals surface area contributed by atoms with Crippen LogP contribution in [-0.4, -0.2) is 0 Å². The van der Waals surface area contributed by atoms with Crippen molar-refractivity contribution >= 4 is 0 Å². The molecule has 0 unspecified atom stereocenters. The summed E-state index contributed by atoms with van der Waals surface area (Å²) >= 11 is 0. The number of hydrogen-bond donors (Lipinski definition) is 0. The van der Waals surface area contributed by atoms with Gasteiger partial charge in [0.05, 0.1) is 0 Å². The lowest BCUT2D eigenvalue weighted by molar-refractivity contribution is 0.911. The van der Waals surface area contributed by atoms with Crippen LogP contribution in [-0.2, 0) is 0 Å². The summed E-state index contributed by atoms with van der Waals surface area (Å²) < 4.78 is 0. The smallest absolute Gasteiger partial charge is 0.00905 e. The first-order valence-electron chi connectivity index (χ1n) is 4.64. The van der Waals surface area contributed by atoms with Gasteiger partial charge in [0.2, 0.25) is 0 Å². The normalized spacial score (nSPS) is 10.2. The maximum Gasteiger partial charge on any atom is -0.00905 e. The van der Waals surface area contributed by atoms with Crippen molar-refractivity contribution in [1.29, 1.82) is 0 Å². The third-order valence-corrected chi connectivity index (χ3v) is 2.08. The van der Waals surface area contributed by atoms with Crippen LogP contribution in [0.2, 0.25) is 0 Å². The van der Waals surface area contributed by atoms with Crippen LogP contribution in [0.15, 0.2) is 18.2 Å². The van der Waals surface area contributed by atoms with Gasteiger partial charge in [-0.15, -0.1) is 0 Å². The zero-order valence-corrected chi connectivity index (χ0v) is 8.22. The number of aryl methyl sites for hydroxylation is 2. The zero-order valence-electron chi connectivity index (χ0n) is 8.22. The Balaban J connectivity index is 2.72. The Hall–Kier alpha value is -0.780. The summed E-state index contributed by atoms with van der Waals surface area (Å²) in [4.78, 5) is 0. The molecule has 65 valence electrons. The summed E-state index contributed by atoms with van der Waals surface area (Å²) in [6.45, 7) is 6.52. The van der Waals surface area contributed by atoms with Crippen LogP contribution in [0, 0.1) is 20.3 Å². The first kappa shape index (κ1) is 9.31. The van der Waals surface area contributed by atoms with Crippen molar-refractivity contribution in [2.75, 3.05) is 0 Å². The molecule has 0 saturated heterocycles. The number of benzene rings is 1. The third-order valence-electron chi connectivity index (χ3n) is 2.08. The van der Waals surface area contributed by atoms with Gasteiger partial charge >= 0.3 is 0 Å². The molecule has 0 heteroatoms. The van der Waals surface area contributed by atoms with Gasteiger partial charge in [0, 0.05) is 0 Å². The Morgan fingerprint density at radius 3 is 2.58 bits per heavy atom. The highest BCUT2D eigenvalue weighted by atomic mass is 14.0. The lowest BCUT2D eigenvalue weighted by atomic mass is 10.0. The van der Waals surface area contributed by atoms with Gasteiger partial charge in [-0.1, -0.05) is 37.1 Å². The molecule has 0 aliphatic carbocycles.